The van der Waals surface area contributed by atoms with Crippen molar-refractivity contribution < 1.29 is 0 Å². The summed E-state index contributed by atoms with van der Waals surface area (Å²) in [4.78, 5) is 0. The maximum absolute atomic E-state index is 4.53. The Morgan fingerprint density at radius 1 is 1.07 bits per heavy atom. The van der Waals surface area contributed by atoms with Crippen molar-refractivity contribution in [3.63, 3.8) is 0 Å². The number of hydrogen-bond acceptors (Lipinski definition) is 2. The van der Waals surface area contributed by atoms with Gasteiger partial charge in [-0.05, 0) is 50.6 Å². The summed E-state index contributed by atoms with van der Waals surface area (Å²) in [6.45, 7) is 1.16. The largest absolute Gasteiger partial charge is 0.309 e. The Balaban J connectivity index is 1.91. The van der Waals surface area contributed by atoms with Gasteiger partial charge in [0.2, 0.25) is 0 Å². The number of hydrogen-bond donors (Lipinski definition) is 2. The SMILES string of the molecule is C1CCc2[nH]nc(C3CCCN3)c2CC1. The van der Waals surface area contributed by atoms with Crippen molar-refractivity contribution in [2.75, 3.05) is 6.54 Å². The highest BCUT2D eigenvalue weighted by atomic mass is 15.1. The molecule has 15 heavy (non-hydrogen) atoms. The van der Waals surface area contributed by atoms with E-state index < -0.39 is 0 Å². The predicted molar refractivity (Wildman–Crippen MR) is 59.8 cm³/mol. The monoisotopic (exact) mass is 205 g/mol. The lowest BCUT2D eigenvalue weighted by Crippen LogP contribution is -2.14. The third kappa shape index (κ3) is 1.69. The van der Waals surface area contributed by atoms with E-state index in [-0.39, 0.29) is 0 Å². The lowest BCUT2D eigenvalue weighted by atomic mass is 10.0. The molecule has 3 nitrogen and oxygen atoms in total. The lowest BCUT2D eigenvalue weighted by molar-refractivity contribution is 0.613. The van der Waals surface area contributed by atoms with Crippen LogP contribution in [0.1, 0.15) is 55.1 Å². The molecule has 1 fully saturated rings. The maximum Gasteiger partial charge on any atom is 0.0826 e. The summed E-state index contributed by atoms with van der Waals surface area (Å²) in [5.74, 6) is 0. The number of nitrogens with one attached hydrogen (secondary N) is 2. The zero-order valence-corrected chi connectivity index (χ0v) is 9.18. The first kappa shape index (κ1) is 9.40. The van der Waals surface area contributed by atoms with Crippen LogP contribution in [0, 0.1) is 0 Å². The van der Waals surface area contributed by atoms with Crippen molar-refractivity contribution in [1.82, 2.24) is 15.5 Å². The second-order valence-electron chi connectivity index (χ2n) is 4.78. The van der Waals surface area contributed by atoms with Crippen molar-refractivity contribution >= 4 is 0 Å². The number of rotatable bonds is 1. The minimum absolute atomic E-state index is 0.531. The van der Waals surface area contributed by atoms with Gasteiger partial charge >= 0.3 is 0 Å². The molecule has 2 aliphatic rings. The van der Waals surface area contributed by atoms with Gasteiger partial charge in [-0.3, -0.25) is 5.10 Å². The van der Waals surface area contributed by atoms with E-state index in [9.17, 15) is 0 Å². The fraction of sp³-hybridized carbons (Fsp3) is 0.750. The van der Waals surface area contributed by atoms with E-state index in [0.717, 1.165) is 6.54 Å². The number of fused-ring (bicyclic) bond motifs is 1. The van der Waals surface area contributed by atoms with Gasteiger partial charge in [0.15, 0.2) is 0 Å². The molecule has 82 valence electrons. The molecule has 3 heteroatoms. The van der Waals surface area contributed by atoms with Gasteiger partial charge in [-0.15, -0.1) is 0 Å². The minimum Gasteiger partial charge on any atom is -0.309 e. The third-order valence-corrected chi connectivity index (χ3v) is 3.73. The third-order valence-electron chi connectivity index (χ3n) is 3.73. The number of aromatic nitrogens is 2. The molecule has 0 aromatic carbocycles. The second-order valence-corrected chi connectivity index (χ2v) is 4.78. The number of nitrogens with zero attached hydrogens (tertiary/aromatic N) is 1. The van der Waals surface area contributed by atoms with Crippen LogP contribution in [0.15, 0.2) is 0 Å². The van der Waals surface area contributed by atoms with Crippen molar-refractivity contribution in [2.24, 2.45) is 0 Å². The average Bonchev–Trinajstić information content (AvgIpc) is 2.83. The zero-order chi connectivity index (χ0) is 10.1. The van der Waals surface area contributed by atoms with Gasteiger partial charge in [-0.25, -0.2) is 0 Å². The van der Waals surface area contributed by atoms with Crippen LogP contribution in [0.25, 0.3) is 0 Å². The second kappa shape index (κ2) is 3.97. The van der Waals surface area contributed by atoms with Crippen molar-refractivity contribution in [3.05, 3.63) is 17.0 Å². The summed E-state index contributed by atoms with van der Waals surface area (Å²) < 4.78 is 0. The van der Waals surface area contributed by atoms with Crippen LogP contribution in [0.3, 0.4) is 0 Å². The van der Waals surface area contributed by atoms with Crippen LogP contribution in [0.4, 0.5) is 0 Å². The molecule has 0 bridgehead atoms. The summed E-state index contributed by atoms with van der Waals surface area (Å²) >= 11 is 0. The van der Waals surface area contributed by atoms with E-state index in [4.69, 9.17) is 0 Å². The molecule has 2 heterocycles. The van der Waals surface area contributed by atoms with E-state index in [1.165, 1.54) is 61.9 Å². The van der Waals surface area contributed by atoms with Crippen LogP contribution >= 0.6 is 0 Å². The molecule has 1 aliphatic heterocycles. The molecule has 1 atom stereocenters. The van der Waals surface area contributed by atoms with Gasteiger partial charge in [0.05, 0.1) is 11.7 Å². The maximum atomic E-state index is 4.53. The lowest BCUT2D eigenvalue weighted by Gasteiger charge is -2.09. The van der Waals surface area contributed by atoms with Crippen LogP contribution in [-0.2, 0) is 12.8 Å². The fourth-order valence-corrected chi connectivity index (χ4v) is 2.89. The van der Waals surface area contributed by atoms with Gasteiger partial charge in [-0.1, -0.05) is 6.42 Å². The molecule has 1 saturated heterocycles. The molecule has 0 spiro atoms. The quantitative estimate of drug-likeness (QED) is 0.689. The van der Waals surface area contributed by atoms with E-state index in [1.54, 1.807) is 0 Å². The summed E-state index contributed by atoms with van der Waals surface area (Å²) in [6, 6.07) is 0.531. The Labute approximate surface area is 90.7 Å². The smallest absolute Gasteiger partial charge is 0.0826 e. The first-order valence-corrected chi connectivity index (χ1v) is 6.24. The minimum atomic E-state index is 0.531. The van der Waals surface area contributed by atoms with Crippen molar-refractivity contribution in [1.29, 1.82) is 0 Å². The number of aromatic amines is 1. The Kier molecular flexibility index (Phi) is 2.49. The Morgan fingerprint density at radius 3 is 2.87 bits per heavy atom. The zero-order valence-electron chi connectivity index (χ0n) is 9.18. The standard InChI is InChI=1S/C12H19N3/c1-2-5-9-10(6-3-1)14-15-12(9)11-7-4-8-13-11/h11,13H,1-8H2,(H,14,15). The highest BCUT2D eigenvalue weighted by Crippen LogP contribution is 2.29. The molecule has 3 rings (SSSR count). The molecule has 0 amide bonds. The number of aryl methyl sites for hydroxylation is 1. The van der Waals surface area contributed by atoms with Crippen LogP contribution in [0.5, 0.6) is 0 Å². The molecular weight excluding hydrogens is 186 g/mol. The first-order chi connectivity index (χ1) is 7.45. The van der Waals surface area contributed by atoms with Crippen LogP contribution in [-0.4, -0.2) is 16.7 Å². The van der Waals surface area contributed by atoms with Gasteiger partial charge in [0, 0.05) is 5.69 Å². The molecule has 0 saturated carbocycles. The molecule has 1 aromatic rings. The van der Waals surface area contributed by atoms with Gasteiger partial charge in [0.1, 0.15) is 0 Å². The normalized spacial score (nSPS) is 26.3. The first-order valence-electron chi connectivity index (χ1n) is 6.24. The highest BCUT2D eigenvalue weighted by molar-refractivity contribution is 5.29. The van der Waals surface area contributed by atoms with E-state index in [0.29, 0.717) is 6.04 Å². The summed E-state index contributed by atoms with van der Waals surface area (Å²) in [7, 11) is 0. The van der Waals surface area contributed by atoms with Crippen LogP contribution < -0.4 is 5.32 Å². The van der Waals surface area contributed by atoms with Gasteiger partial charge in [0.25, 0.3) is 0 Å². The molecule has 1 aromatic heterocycles. The molecule has 0 radical (unpaired) electrons. The predicted octanol–water partition coefficient (Wildman–Crippen LogP) is 2.10. The van der Waals surface area contributed by atoms with E-state index >= 15 is 0 Å². The Hall–Kier alpha value is -0.830. The molecule has 2 N–H and O–H groups in total. The van der Waals surface area contributed by atoms with Gasteiger partial charge in [-0.2, -0.15) is 5.10 Å². The highest BCUT2D eigenvalue weighted by Gasteiger charge is 2.24. The number of H-pyrrole nitrogens is 1. The molecular formula is C12H19N3. The average molecular weight is 205 g/mol. The van der Waals surface area contributed by atoms with E-state index in [1.807, 2.05) is 0 Å². The summed E-state index contributed by atoms with van der Waals surface area (Å²) in [5.41, 5.74) is 4.27. The van der Waals surface area contributed by atoms with E-state index in [2.05, 4.69) is 15.5 Å². The van der Waals surface area contributed by atoms with Crippen molar-refractivity contribution in [2.45, 2.75) is 51.0 Å². The van der Waals surface area contributed by atoms with Crippen molar-refractivity contribution in [3.8, 4) is 0 Å². The Morgan fingerprint density at radius 2 is 2.00 bits per heavy atom. The molecule has 1 unspecified atom stereocenters. The summed E-state index contributed by atoms with van der Waals surface area (Å²) in [6.07, 6.45) is 9.04. The topological polar surface area (TPSA) is 40.7 Å². The molecule has 1 aliphatic carbocycles. The fourth-order valence-electron chi connectivity index (χ4n) is 2.89. The summed E-state index contributed by atoms with van der Waals surface area (Å²) in [5, 5.41) is 11.3. The Bertz CT molecular complexity index is 337. The van der Waals surface area contributed by atoms with Gasteiger partial charge < -0.3 is 5.32 Å². The van der Waals surface area contributed by atoms with Crippen LogP contribution in [0.2, 0.25) is 0 Å².